The van der Waals surface area contributed by atoms with E-state index in [0.29, 0.717) is 18.1 Å². The zero-order valence-corrected chi connectivity index (χ0v) is 19.2. The van der Waals surface area contributed by atoms with Crippen molar-refractivity contribution >= 4 is 16.0 Å². The van der Waals surface area contributed by atoms with Crippen LogP contribution in [0.15, 0.2) is 52.4 Å². The number of rotatable bonds is 7. The number of sulfonamides is 1. The number of halogens is 1. The number of hydrogen-bond acceptors (Lipinski definition) is 3. The molecule has 0 aromatic heterocycles. The maximum Gasteiger partial charge on any atom is 0.243 e. The Morgan fingerprint density at radius 2 is 1.77 bits per heavy atom. The molecular formula is C22H31FN4O2S. The standard InChI is InChI=1S/C22H31FN4O2S/c1-15(2)27(6)30(28,29)20-11-8-18(9-12-20)14-25-22(24-5)26-17(4)19-10-7-16(3)21(23)13-19/h7-13,15,17H,14H2,1-6H3,(H2,24,25,26). The van der Waals surface area contributed by atoms with Crippen LogP contribution >= 0.6 is 0 Å². The maximum atomic E-state index is 13.8. The molecule has 1 atom stereocenters. The lowest BCUT2D eigenvalue weighted by atomic mass is 10.1. The van der Waals surface area contributed by atoms with Crippen LogP contribution < -0.4 is 10.6 Å². The molecule has 0 fully saturated rings. The third-order valence-electron chi connectivity index (χ3n) is 5.06. The Hall–Kier alpha value is -2.45. The van der Waals surface area contributed by atoms with Gasteiger partial charge in [-0.05, 0) is 62.6 Å². The van der Waals surface area contributed by atoms with E-state index in [0.717, 1.165) is 11.1 Å². The second kappa shape index (κ2) is 10.0. The predicted octanol–water partition coefficient (Wildman–Crippen LogP) is 3.59. The largest absolute Gasteiger partial charge is 0.352 e. The number of guanidine groups is 1. The van der Waals surface area contributed by atoms with Crippen molar-refractivity contribution in [3.8, 4) is 0 Å². The Balaban J connectivity index is 2.00. The molecule has 0 radical (unpaired) electrons. The molecule has 1 unspecified atom stereocenters. The number of nitrogens with zero attached hydrogens (tertiary/aromatic N) is 2. The molecule has 0 saturated heterocycles. The molecule has 0 aliphatic rings. The van der Waals surface area contributed by atoms with Crippen molar-refractivity contribution in [2.75, 3.05) is 14.1 Å². The van der Waals surface area contributed by atoms with E-state index in [1.165, 1.54) is 10.4 Å². The molecule has 0 aliphatic carbocycles. The minimum atomic E-state index is -3.50. The molecular weight excluding hydrogens is 403 g/mol. The van der Waals surface area contributed by atoms with Gasteiger partial charge in [0.15, 0.2) is 5.96 Å². The van der Waals surface area contributed by atoms with E-state index >= 15 is 0 Å². The molecule has 0 spiro atoms. The lowest BCUT2D eigenvalue weighted by Crippen LogP contribution is -2.38. The van der Waals surface area contributed by atoms with Crippen LogP contribution in [0.1, 0.15) is 43.5 Å². The molecule has 0 aliphatic heterocycles. The van der Waals surface area contributed by atoms with Gasteiger partial charge >= 0.3 is 0 Å². The highest BCUT2D eigenvalue weighted by Gasteiger charge is 2.22. The molecule has 0 saturated carbocycles. The van der Waals surface area contributed by atoms with Crippen LogP contribution in [0.3, 0.4) is 0 Å². The summed E-state index contributed by atoms with van der Waals surface area (Å²) in [6.07, 6.45) is 0. The van der Waals surface area contributed by atoms with Gasteiger partial charge in [0.25, 0.3) is 0 Å². The van der Waals surface area contributed by atoms with E-state index in [1.54, 1.807) is 51.4 Å². The fourth-order valence-electron chi connectivity index (χ4n) is 2.77. The molecule has 0 bridgehead atoms. The van der Waals surface area contributed by atoms with Gasteiger partial charge in [-0.25, -0.2) is 12.8 Å². The van der Waals surface area contributed by atoms with Crippen LogP contribution in [0.4, 0.5) is 4.39 Å². The monoisotopic (exact) mass is 434 g/mol. The van der Waals surface area contributed by atoms with Crippen molar-refractivity contribution in [3.05, 3.63) is 65.0 Å². The summed E-state index contributed by atoms with van der Waals surface area (Å²) >= 11 is 0. The average molecular weight is 435 g/mol. The fraction of sp³-hybridized carbons (Fsp3) is 0.409. The highest BCUT2D eigenvalue weighted by Crippen LogP contribution is 2.18. The quantitative estimate of drug-likeness (QED) is 0.516. The van der Waals surface area contributed by atoms with Gasteiger partial charge in [-0.15, -0.1) is 0 Å². The van der Waals surface area contributed by atoms with Gasteiger partial charge in [-0.1, -0.05) is 24.3 Å². The lowest BCUT2D eigenvalue weighted by molar-refractivity contribution is 0.410. The summed E-state index contributed by atoms with van der Waals surface area (Å²) < 4.78 is 40.3. The van der Waals surface area contributed by atoms with E-state index in [1.807, 2.05) is 26.8 Å². The molecule has 2 aromatic rings. The summed E-state index contributed by atoms with van der Waals surface area (Å²) in [6, 6.07) is 11.7. The minimum Gasteiger partial charge on any atom is -0.352 e. The van der Waals surface area contributed by atoms with Crippen LogP contribution in [-0.2, 0) is 16.6 Å². The minimum absolute atomic E-state index is 0.116. The highest BCUT2D eigenvalue weighted by atomic mass is 32.2. The number of aliphatic imine (C=N–C) groups is 1. The molecule has 2 aromatic carbocycles. The second-order valence-corrected chi connectivity index (χ2v) is 9.56. The fourth-order valence-corrected chi connectivity index (χ4v) is 4.14. The molecule has 0 heterocycles. The van der Waals surface area contributed by atoms with Crippen molar-refractivity contribution in [2.45, 2.75) is 51.2 Å². The molecule has 30 heavy (non-hydrogen) atoms. The van der Waals surface area contributed by atoms with Crippen molar-refractivity contribution < 1.29 is 12.8 Å². The van der Waals surface area contributed by atoms with Gasteiger partial charge in [0.1, 0.15) is 5.82 Å². The van der Waals surface area contributed by atoms with Crippen molar-refractivity contribution in [1.82, 2.24) is 14.9 Å². The topological polar surface area (TPSA) is 73.8 Å². The van der Waals surface area contributed by atoms with Gasteiger partial charge in [-0.3, -0.25) is 4.99 Å². The van der Waals surface area contributed by atoms with Gasteiger partial charge < -0.3 is 10.6 Å². The van der Waals surface area contributed by atoms with Gasteiger partial charge in [-0.2, -0.15) is 4.31 Å². The predicted molar refractivity (Wildman–Crippen MR) is 119 cm³/mol. The van der Waals surface area contributed by atoms with Gasteiger partial charge in [0.05, 0.1) is 10.9 Å². The van der Waals surface area contributed by atoms with Gasteiger partial charge in [0.2, 0.25) is 10.0 Å². The Labute approximate surface area is 179 Å². The number of benzene rings is 2. The van der Waals surface area contributed by atoms with Crippen molar-refractivity contribution in [3.63, 3.8) is 0 Å². The second-order valence-electron chi connectivity index (χ2n) is 7.56. The maximum absolute atomic E-state index is 13.8. The first-order valence-electron chi connectivity index (χ1n) is 9.86. The van der Waals surface area contributed by atoms with E-state index in [-0.39, 0.29) is 22.8 Å². The van der Waals surface area contributed by atoms with Crippen molar-refractivity contribution in [1.29, 1.82) is 0 Å². The summed E-state index contributed by atoms with van der Waals surface area (Å²) in [4.78, 5) is 4.47. The SMILES string of the molecule is CN=C(NCc1ccc(S(=O)(=O)N(C)C(C)C)cc1)NC(C)c1ccc(C)c(F)c1. The first kappa shape index (κ1) is 23.8. The number of nitrogens with one attached hydrogen (secondary N) is 2. The van der Waals surface area contributed by atoms with E-state index in [9.17, 15) is 12.8 Å². The molecule has 2 rings (SSSR count). The molecule has 0 amide bonds. The smallest absolute Gasteiger partial charge is 0.243 e. The summed E-state index contributed by atoms with van der Waals surface area (Å²) in [6.45, 7) is 7.80. The molecule has 8 heteroatoms. The normalized spacial score (nSPS) is 13.6. The number of hydrogen-bond donors (Lipinski definition) is 2. The first-order chi connectivity index (χ1) is 14.1. The molecule has 164 valence electrons. The average Bonchev–Trinajstić information content (AvgIpc) is 2.72. The van der Waals surface area contributed by atoms with Crippen LogP contribution in [0.5, 0.6) is 0 Å². The highest BCUT2D eigenvalue weighted by molar-refractivity contribution is 7.89. The zero-order chi connectivity index (χ0) is 22.5. The van der Waals surface area contributed by atoms with Crippen molar-refractivity contribution in [2.24, 2.45) is 4.99 Å². The van der Waals surface area contributed by atoms with Crippen LogP contribution in [-0.4, -0.2) is 38.8 Å². The van der Waals surface area contributed by atoms with Gasteiger partial charge in [0, 0.05) is 26.7 Å². The Morgan fingerprint density at radius 1 is 1.13 bits per heavy atom. The van der Waals surface area contributed by atoms with E-state index in [2.05, 4.69) is 15.6 Å². The van der Waals surface area contributed by atoms with Crippen LogP contribution in [0.25, 0.3) is 0 Å². The summed E-state index contributed by atoms with van der Waals surface area (Å²) in [5.41, 5.74) is 2.35. The van der Waals surface area contributed by atoms with E-state index in [4.69, 9.17) is 0 Å². The Bertz CT molecular complexity index is 989. The van der Waals surface area contributed by atoms with E-state index < -0.39 is 10.0 Å². The third-order valence-corrected chi connectivity index (χ3v) is 7.11. The Kier molecular flexibility index (Phi) is 7.97. The first-order valence-corrected chi connectivity index (χ1v) is 11.3. The van der Waals surface area contributed by atoms with Crippen LogP contribution in [0.2, 0.25) is 0 Å². The van der Waals surface area contributed by atoms with Crippen LogP contribution in [0, 0.1) is 12.7 Å². The Morgan fingerprint density at radius 3 is 2.30 bits per heavy atom. The molecule has 6 nitrogen and oxygen atoms in total. The summed E-state index contributed by atoms with van der Waals surface area (Å²) in [5, 5.41) is 6.43. The molecule has 2 N–H and O–H groups in total. The lowest BCUT2D eigenvalue weighted by Gasteiger charge is -2.21. The summed E-state index contributed by atoms with van der Waals surface area (Å²) in [5.74, 6) is 0.335. The number of aryl methyl sites for hydroxylation is 1. The summed E-state index contributed by atoms with van der Waals surface area (Å²) in [7, 11) is -0.260. The zero-order valence-electron chi connectivity index (χ0n) is 18.4. The third kappa shape index (κ3) is 5.79.